The lowest BCUT2D eigenvalue weighted by Crippen LogP contribution is -2.12. The van der Waals surface area contributed by atoms with Crippen molar-refractivity contribution >= 4 is 0 Å². The highest BCUT2D eigenvalue weighted by Crippen LogP contribution is 2.20. The highest BCUT2D eigenvalue weighted by Gasteiger charge is 2.11. The van der Waals surface area contributed by atoms with Gasteiger partial charge in [-0.1, -0.05) is 51.9 Å². The summed E-state index contributed by atoms with van der Waals surface area (Å²) >= 11 is 0. The predicted octanol–water partition coefficient (Wildman–Crippen LogP) is 4.31. The molecule has 0 aromatic carbocycles. The normalized spacial score (nSPS) is 19.5. The lowest BCUT2D eigenvalue weighted by molar-refractivity contribution is 0.0408. The van der Waals surface area contributed by atoms with Gasteiger partial charge in [0.1, 0.15) is 0 Å². The molecule has 0 aliphatic heterocycles. The third-order valence-electron chi connectivity index (χ3n) is 3.15. The maximum absolute atomic E-state index is 5.91. The first-order valence-electron chi connectivity index (χ1n) is 6.55. The van der Waals surface area contributed by atoms with E-state index in [4.69, 9.17) is 4.74 Å². The molecule has 1 heteroatoms. The molecule has 0 aromatic rings. The zero-order valence-corrected chi connectivity index (χ0v) is 9.76. The van der Waals surface area contributed by atoms with Gasteiger partial charge in [-0.2, -0.15) is 0 Å². The predicted molar refractivity (Wildman–Crippen MR) is 61.6 cm³/mol. The topological polar surface area (TPSA) is 9.23 Å². The molecule has 0 saturated heterocycles. The van der Waals surface area contributed by atoms with E-state index in [1.54, 1.807) is 0 Å². The van der Waals surface area contributed by atoms with E-state index in [1.807, 2.05) is 0 Å². The second kappa shape index (κ2) is 8.28. The number of unbranched alkanes of at least 4 members (excludes halogenated alkanes) is 3. The fourth-order valence-corrected chi connectivity index (χ4v) is 2.19. The average molecular weight is 198 g/mol. The van der Waals surface area contributed by atoms with Crippen molar-refractivity contribution in [2.45, 2.75) is 77.2 Å². The van der Waals surface area contributed by atoms with E-state index in [9.17, 15) is 0 Å². The molecule has 0 amide bonds. The molecule has 1 aliphatic rings. The molecular weight excluding hydrogens is 172 g/mol. The zero-order valence-electron chi connectivity index (χ0n) is 9.76. The second-order valence-corrected chi connectivity index (χ2v) is 4.55. The minimum atomic E-state index is 0.596. The lowest BCUT2D eigenvalue weighted by atomic mass is 10.1. The molecule has 0 heterocycles. The van der Waals surface area contributed by atoms with Crippen molar-refractivity contribution in [1.82, 2.24) is 0 Å². The van der Waals surface area contributed by atoms with Gasteiger partial charge < -0.3 is 4.74 Å². The van der Waals surface area contributed by atoms with Crippen LogP contribution in [0.4, 0.5) is 0 Å². The van der Waals surface area contributed by atoms with Crippen LogP contribution in [0.2, 0.25) is 0 Å². The van der Waals surface area contributed by atoms with Crippen LogP contribution in [-0.2, 0) is 4.74 Å². The molecule has 14 heavy (non-hydrogen) atoms. The van der Waals surface area contributed by atoms with Crippen LogP contribution in [0.1, 0.15) is 71.1 Å². The van der Waals surface area contributed by atoms with Gasteiger partial charge in [0.2, 0.25) is 0 Å². The van der Waals surface area contributed by atoms with E-state index in [2.05, 4.69) is 6.92 Å². The summed E-state index contributed by atoms with van der Waals surface area (Å²) in [6.45, 7) is 3.26. The molecule has 1 fully saturated rings. The molecule has 84 valence electrons. The molecule has 1 nitrogen and oxygen atoms in total. The summed E-state index contributed by atoms with van der Waals surface area (Å²) in [5.74, 6) is 0. The summed E-state index contributed by atoms with van der Waals surface area (Å²) in [6, 6.07) is 0. The highest BCUT2D eigenvalue weighted by molar-refractivity contribution is 4.63. The maximum Gasteiger partial charge on any atom is 0.0575 e. The third kappa shape index (κ3) is 5.64. The zero-order chi connectivity index (χ0) is 10.1. The van der Waals surface area contributed by atoms with Gasteiger partial charge in [0.15, 0.2) is 0 Å². The summed E-state index contributed by atoms with van der Waals surface area (Å²) in [7, 11) is 0. The molecular formula is C13H26O. The molecule has 0 radical (unpaired) electrons. The van der Waals surface area contributed by atoms with Crippen molar-refractivity contribution in [1.29, 1.82) is 0 Å². The van der Waals surface area contributed by atoms with Crippen molar-refractivity contribution in [3.05, 3.63) is 0 Å². The Morgan fingerprint density at radius 1 is 0.929 bits per heavy atom. The Bertz CT molecular complexity index is 114. The van der Waals surface area contributed by atoms with Gasteiger partial charge in [-0.25, -0.2) is 0 Å². The first-order chi connectivity index (χ1) is 6.93. The van der Waals surface area contributed by atoms with Crippen LogP contribution in [0.5, 0.6) is 0 Å². The van der Waals surface area contributed by atoms with Crippen LogP contribution in [0.15, 0.2) is 0 Å². The second-order valence-electron chi connectivity index (χ2n) is 4.55. The van der Waals surface area contributed by atoms with Crippen molar-refractivity contribution in [2.75, 3.05) is 6.61 Å². The van der Waals surface area contributed by atoms with Crippen LogP contribution >= 0.6 is 0 Å². The summed E-state index contributed by atoms with van der Waals surface area (Å²) in [6.07, 6.45) is 14.2. The van der Waals surface area contributed by atoms with Gasteiger partial charge in [0.05, 0.1) is 6.10 Å². The van der Waals surface area contributed by atoms with E-state index < -0.39 is 0 Å². The van der Waals surface area contributed by atoms with Crippen LogP contribution in [0, 0.1) is 0 Å². The summed E-state index contributed by atoms with van der Waals surface area (Å²) < 4.78 is 5.91. The van der Waals surface area contributed by atoms with Gasteiger partial charge in [-0.05, 0) is 19.3 Å². The van der Waals surface area contributed by atoms with Crippen molar-refractivity contribution in [3.8, 4) is 0 Å². The third-order valence-corrected chi connectivity index (χ3v) is 3.15. The summed E-state index contributed by atoms with van der Waals surface area (Å²) in [4.78, 5) is 0. The minimum Gasteiger partial charge on any atom is -0.378 e. The molecule has 0 N–H and O–H groups in total. The number of ether oxygens (including phenoxy) is 1. The fraction of sp³-hybridized carbons (Fsp3) is 1.00. The van der Waals surface area contributed by atoms with Crippen molar-refractivity contribution in [3.63, 3.8) is 0 Å². The fourth-order valence-electron chi connectivity index (χ4n) is 2.19. The summed E-state index contributed by atoms with van der Waals surface area (Å²) in [5.41, 5.74) is 0. The Labute approximate surface area is 89.2 Å². The van der Waals surface area contributed by atoms with E-state index >= 15 is 0 Å². The number of hydrogen-bond donors (Lipinski definition) is 0. The van der Waals surface area contributed by atoms with Crippen molar-refractivity contribution < 1.29 is 4.74 Å². The van der Waals surface area contributed by atoms with Gasteiger partial charge in [0.25, 0.3) is 0 Å². The van der Waals surface area contributed by atoms with Gasteiger partial charge in [-0.3, -0.25) is 0 Å². The lowest BCUT2D eigenvalue weighted by Gasteiger charge is -2.14. The Balaban J connectivity index is 1.93. The quantitative estimate of drug-likeness (QED) is 0.456. The Hall–Kier alpha value is -0.0400. The molecule has 0 unspecified atom stereocenters. The SMILES string of the molecule is CCCCCCOC1CCCCCC1. The Kier molecular flexibility index (Phi) is 7.12. The maximum atomic E-state index is 5.91. The molecule has 0 atom stereocenters. The van der Waals surface area contributed by atoms with Crippen LogP contribution in [-0.4, -0.2) is 12.7 Å². The monoisotopic (exact) mass is 198 g/mol. The highest BCUT2D eigenvalue weighted by atomic mass is 16.5. The van der Waals surface area contributed by atoms with E-state index in [0.29, 0.717) is 6.10 Å². The Morgan fingerprint density at radius 2 is 1.64 bits per heavy atom. The van der Waals surface area contributed by atoms with Crippen molar-refractivity contribution in [2.24, 2.45) is 0 Å². The Morgan fingerprint density at radius 3 is 2.29 bits per heavy atom. The van der Waals surface area contributed by atoms with Crippen LogP contribution in [0.25, 0.3) is 0 Å². The first-order valence-corrected chi connectivity index (χ1v) is 6.55. The van der Waals surface area contributed by atoms with E-state index in [-0.39, 0.29) is 0 Å². The largest absolute Gasteiger partial charge is 0.378 e. The van der Waals surface area contributed by atoms with Gasteiger partial charge >= 0.3 is 0 Å². The van der Waals surface area contributed by atoms with E-state index in [0.717, 1.165) is 6.61 Å². The minimum absolute atomic E-state index is 0.596. The van der Waals surface area contributed by atoms with Gasteiger partial charge in [0, 0.05) is 6.61 Å². The number of hydrogen-bond acceptors (Lipinski definition) is 1. The standard InChI is InChI=1S/C13H26O/c1-2-3-4-9-12-14-13-10-7-5-6-8-11-13/h13H,2-12H2,1H3. The van der Waals surface area contributed by atoms with Gasteiger partial charge in [-0.15, -0.1) is 0 Å². The first kappa shape index (κ1) is 12.0. The molecule has 0 aromatic heterocycles. The van der Waals surface area contributed by atoms with Crippen LogP contribution in [0.3, 0.4) is 0 Å². The van der Waals surface area contributed by atoms with Crippen LogP contribution < -0.4 is 0 Å². The van der Waals surface area contributed by atoms with E-state index in [1.165, 1.54) is 64.2 Å². The molecule has 0 spiro atoms. The molecule has 0 bridgehead atoms. The average Bonchev–Trinajstić information content (AvgIpc) is 2.46. The molecule has 1 rings (SSSR count). The smallest absolute Gasteiger partial charge is 0.0575 e. The molecule has 1 saturated carbocycles. The number of rotatable bonds is 6. The summed E-state index contributed by atoms with van der Waals surface area (Å²) in [5, 5.41) is 0. The molecule has 1 aliphatic carbocycles.